The van der Waals surface area contributed by atoms with Crippen LogP contribution in [-0.2, 0) is 0 Å². The van der Waals surface area contributed by atoms with Gasteiger partial charge in [-0.15, -0.1) is 0 Å². The first kappa shape index (κ1) is 7.79. The summed E-state index contributed by atoms with van der Waals surface area (Å²) in [7, 11) is 0. The minimum Gasteiger partial charge on any atom is -0.399 e. The van der Waals surface area contributed by atoms with Gasteiger partial charge in [-0.1, -0.05) is 18.2 Å². The summed E-state index contributed by atoms with van der Waals surface area (Å²) in [6, 6.07) is 6.10. The van der Waals surface area contributed by atoms with Gasteiger partial charge in [0, 0.05) is 5.70 Å². The molecule has 1 rings (SSSR count). The van der Waals surface area contributed by atoms with Crippen molar-refractivity contribution in [3.05, 3.63) is 41.7 Å². The summed E-state index contributed by atoms with van der Waals surface area (Å²) in [5.41, 5.74) is 7.11. The summed E-state index contributed by atoms with van der Waals surface area (Å²) in [5.74, 6) is -0.238. The van der Waals surface area contributed by atoms with E-state index < -0.39 is 0 Å². The Labute approximate surface area is 65.3 Å². The molecule has 2 heteroatoms. The number of halogens is 1. The smallest absolute Gasteiger partial charge is 0.123 e. The standard InChI is InChI=1S/C9H10FN/c1-2-9(11)7-3-5-8(10)6-4-7/h2-6H,11H2,1H3/b9-2-. The number of benzene rings is 1. The molecular weight excluding hydrogens is 141 g/mol. The van der Waals surface area contributed by atoms with Crippen LogP contribution in [0.1, 0.15) is 12.5 Å². The summed E-state index contributed by atoms with van der Waals surface area (Å²) in [6.45, 7) is 1.85. The summed E-state index contributed by atoms with van der Waals surface area (Å²) < 4.78 is 12.4. The number of rotatable bonds is 1. The quantitative estimate of drug-likeness (QED) is 0.653. The average molecular weight is 151 g/mol. The summed E-state index contributed by atoms with van der Waals surface area (Å²) >= 11 is 0. The van der Waals surface area contributed by atoms with Crippen molar-refractivity contribution in [2.75, 3.05) is 0 Å². The van der Waals surface area contributed by atoms with Crippen LogP contribution >= 0.6 is 0 Å². The summed E-state index contributed by atoms with van der Waals surface area (Å²) in [4.78, 5) is 0. The third-order valence-electron chi connectivity index (χ3n) is 1.49. The van der Waals surface area contributed by atoms with E-state index in [1.807, 2.05) is 6.92 Å². The first-order valence-electron chi connectivity index (χ1n) is 3.42. The Kier molecular flexibility index (Phi) is 2.26. The van der Waals surface area contributed by atoms with Gasteiger partial charge in [0.25, 0.3) is 0 Å². The monoisotopic (exact) mass is 151 g/mol. The van der Waals surface area contributed by atoms with Crippen molar-refractivity contribution in [1.82, 2.24) is 0 Å². The lowest BCUT2D eigenvalue weighted by molar-refractivity contribution is 0.627. The Hall–Kier alpha value is -1.31. The van der Waals surface area contributed by atoms with Gasteiger partial charge in [0.2, 0.25) is 0 Å². The van der Waals surface area contributed by atoms with Crippen LogP contribution in [0.3, 0.4) is 0 Å². The lowest BCUT2D eigenvalue weighted by Crippen LogP contribution is -1.94. The second-order valence-corrected chi connectivity index (χ2v) is 2.25. The van der Waals surface area contributed by atoms with Crippen LogP contribution in [0.15, 0.2) is 30.3 Å². The van der Waals surface area contributed by atoms with Crippen LogP contribution in [0.2, 0.25) is 0 Å². The third-order valence-corrected chi connectivity index (χ3v) is 1.49. The highest BCUT2D eigenvalue weighted by Crippen LogP contribution is 2.08. The topological polar surface area (TPSA) is 26.0 Å². The molecule has 0 aromatic heterocycles. The zero-order valence-corrected chi connectivity index (χ0v) is 6.34. The van der Waals surface area contributed by atoms with Gasteiger partial charge < -0.3 is 5.73 Å². The highest BCUT2D eigenvalue weighted by atomic mass is 19.1. The zero-order chi connectivity index (χ0) is 8.27. The maximum Gasteiger partial charge on any atom is 0.123 e. The molecule has 0 aliphatic rings. The van der Waals surface area contributed by atoms with Gasteiger partial charge in [0.05, 0.1) is 0 Å². The molecule has 1 aromatic carbocycles. The van der Waals surface area contributed by atoms with E-state index in [1.54, 1.807) is 18.2 Å². The van der Waals surface area contributed by atoms with Gasteiger partial charge in [-0.3, -0.25) is 0 Å². The first-order valence-corrected chi connectivity index (χ1v) is 3.42. The molecule has 0 bridgehead atoms. The van der Waals surface area contributed by atoms with E-state index in [2.05, 4.69) is 0 Å². The van der Waals surface area contributed by atoms with Crippen molar-refractivity contribution in [3.63, 3.8) is 0 Å². The van der Waals surface area contributed by atoms with E-state index in [4.69, 9.17) is 5.73 Å². The van der Waals surface area contributed by atoms with Gasteiger partial charge in [-0.2, -0.15) is 0 Å². The fraction of sp³-hybridized carbons (Fsp3) is 0.111. The van der Waals surface area contributed by atoms with Crippen LogP contribution < -0.4 is 5.73 Å². The molecule has 0 heterocycles. The number of allylic oxidation sites excluding steroid dienone is 1. The third kappa shape index (κ3) is 1.80. The van der Waals surface area contributed by atoms with E-state index in [9.17, 15) is 4.39 Å². The molecule has 0 aliphatic heterocycles. The van der Waals surface area contributed by atoms with Crippen molar-refractivity contribution < 1.29 is 4.39 Å². The Morgan fingerprint density at radius 3 is 2.36 bits per heavy atom. The molecule has 0 saturated carbocycles. The molecule has 11 heavy (non-hydrogen) atoms. The summed E-state index contributed by atoms with van der Waals surface area (Å²) in [5, 5.41) is 0. The van der Waals surface area contributed by atoms with Crippen molar-refractivity contribution >= 4 is 5.70 Å². The largest absolute Gasteiger partial charge is 0.399 e. The maximum absolute atomic E-state index is 12.4. The first-order chi connectivity index (χ1) is 5.24. The predicted octanol–water partition coefficient (Wildman–Crippen LogP) is 2.15. The highest BCUT2D eigenvalue weighted by Gasteiger charge is 1.93. The van der Waals surface area contributed by atoms with Crippen LogP contribution in [-0.4, -0.2) is 0 Å². The van der Waals surface area contributed by atoms with Gasteiger partial charge in [0.15, 0.2) is 0 Å². The Morgan fingerprint density at radius 1 is 1.36 bits per heavy atom. The normalized spacial score (nSPS) is 11.6. The van der Waals surface area contributed by atoms with Gasteiger partial charge in [-0.25, -0.2) is 4.39 Å². The van der Waals surface area contributed by atoms with Crippen molar-refractivity contribution in [2.45, 2.75) is 6.92 Å². The average Bonchev–Trinajstić information content (AvgIpc) is 2.05. The number of hydrogen-bond donors (Lipinski definition) is 1. The van der Waals surface area contributed by atoms with Crippen molar-refractivity contribution in [3.8, 4) is 0 Å². The molecule has 2 N–H and O–H groups in total. The molecule has 0 atom stereocenters. The minimum absolute atomic E-state index is 0.238. The molecule has 0 amide bonds. The van der Waals surface area contributed by atoms with E-state index in [0.717, 1.165) is 5.56 Å². The SMILES string of the molecule is C/C=C(\N)c1ccc(F)cc1. The fourth-order valence-corrected chi connectivity index (χ4v) is 0.809. The molecule has 0 unspecified atom stereocenters. The zero-order valence-electron chi connectivity index (χ0n) is 6.34. The number of nitrogens with two attached hydrogens (primary N) is 1. The summed E-state index contributed by atoms with van der Waals surface area (Å²) in [6.07, 6.45) is 1.78. The van der Waals surface area contributed by atoms with E-state index in [-0.39, 0.29) is 5.82 Å². The van der Waals surface area contributed by atoms with Crippen LogP contribution in [0.25, 0.3) is 5.70 Å². The lowest BCUT2D eigenvalue weighted by Gasteiger charge is -1.98. The van der Waals surface area contributed by atoms with E-state index >= 15 is 0 Å². The van der Waals surface area contributed by atoms with Crippen molar-refractivity contribution in [1.29, 1.82) is 0 Å². The molecule has 1 nitrogen and oxygen atoms in total. The van der Waals surface area contributed by atoms with E-state index in [0.29, 0.717) is 5.70 Å². The molecule has 58 valence electrons. The molecule has 1 aromatic rings. The van der Waals surface area contributed by atoms with Crippen LogP contribution in [0.5, 0.6) is 0 Å². The van der Waals surface area contributed by atoms with Crippen molar-refractivity contribution in [2.24, 2.45) is 5.73 Å². The van der Waals surface area contributed by atoms with Gasteiger partial charge >= 0.3 is 0 Å². The fourth-order valence-electron chi connectivity index (χ4n) is 0.809. The molecular formula is C9H10FN. The molecule has 0 radical (unpaired) electrons. The van der Waals surface area contributed by atoms with Crippen LogP contribution in [0.4, 0.5) is 4.39 Å². The number of hydrogen-bond acceptors (Lipinski definition) is 1. The second-order valence-electron chi connectivity index (χ2n) is 2.25. The second kappa shape index (κ2) is 3.19. The molecule has 0 fully saturated rings. The predicted molar refractivity (Wildman–Crippen MR) is 44.2 cm³/mol. The molecule has 0 spiro atoms. The molecule has 0 saturated heterocycles. The van der Waals surface area contributed by atoms with Gasteiger partial charge in [-0.05, 0) is 24.6 Å². The molecule has 0 aliphatic carbocycles. The minimum atomic E-state index is -0.238. The van der Waals surface area contributed by atoms with E-state index in [1.165, 1.54) is 12.1 Å². The maximum atomic E-state index is 12.4. The lowest BCUT2D eigenvalue weighted by atomic mass is 10.1. The highest BCUT2D eigenvalue weighted by molar-refractivity contribution is 5.61. The Balaban J connectivity index is 2.99. The Bertz CT molecular complexity index is 261. The van der Waals surface area contributed by atoms with Gasteiger partial charge in [0.1, 0.15) is 5.82 Å². The Morgan fingerprint density at radius 2 is 1.91 bits per heavy atom. The van der Waals surface area contributed by atoms with Crippen LogP contribution in [0, 0.1) is 5.82 Å².